The predicted molar refractivity (Wildman–Crippen MR) is 59.4 cm³/mol. The van der Waals surface area contributed by atoms with Gasteiger partial charge in [-0.3, -0.25) is 0 Å². The minimum absolute atomic E-state index is 0.0535. The Morgan fingerprint density at radius 3 is 2.38 bits per heavy atom. The zero-order valence-corrected chi connectivity index (χ0v) is 10.3. The minimum Gasteiger partial charge on any atom is -0.497 e. The van der Waals surface area contributed by atoms with Crippen LogP contribution in [-0.4, -0.2) is 25.0 Å². The van der Waals surface area contributed by atoms with Crippen LogP contribution >= 0.6 is 15.9 Å². The Hall–Kier alpha value is -0.680. The van der Waals surface area contributed by atoms with E-state index in [1.165, 1.54) is 7.11 Å². The van der Waals surface area contributed by atoms with E-state index in [4.69, 9.17) is 9.47 Å². The zero-order chi connectivity index (χ0) is 11.8. The van der Waals surface area contributed by atoms with E-state index in [0.717, 1.165) is 0 Å². The number of alkyl halides is 3. The van der Waals surface area contributed by atoms with Gasteiger partial charge in [0.1, 0.15) is 5.75 Å². The Morgan fingerprint density at radius 2 is 2.00 bits per heavy atom. The lowest BCUT2D eigenvalue weighted by molar-refractivity contribution is -0.0552. The van der Waals surface area contributed by atoms with Gasteiger partial charge in [0.25, 0.3) is 5.92 Å². The van der Waals surface area contributed by atoms with Crippen molar-refractivity contribution in [3.63, 3.8) is 0 Å². The van der Waals surface area contributed by atoms with Gasteiger partial charge in [-0.1, -0.05) is 28.1 Å². The maximum absolute atomic E-state index is 13.7. The van der Waals surface area contributed by atoms with Gasteiger partial charge in [0.2, 0.25) is 0 Å². The molecular formula is C11H11BrF2O2. The summed E-state index contributed by atoms with van der Waals surface area (Å²) in [6, 6.07) is 6.54. The van der Waals surface area contributed by atoms with E-state index in [2.05, 4.69) is 15.9 Å². The van der Waals surface area contributed by atoms with Gasteiger partial charge >= 0.3 is 0 Å². The second kappa shape index (κ2) is 3.96. The van der Waals surface area contributed by atoms with Crippen LogP contribution in [0.15, 0.2) is 24.3 Å². The third-order valence-electron chi connectivity index (χ3n) is 2.75. The zero-order valence-electron chi connectivity index (χ0n) is 8.67. The Labute approximate surface area is 101 Å². The van der Waals surface area contributed by atoms with Crippen LogP contribution in [-0.2, 0) is 10.3 Å². The van der Waals surface area contributed by atoms with Crippen molar-refractivity contribution >= 4 is 15.9 Å². The largest absolute Gasteiger partial charge is 0.497 e. The molecule has 1 aliphatic rings. The lowest BCUT2D eigenvalue weighted by Crippen LogP contribution is -2.36. The first-order chi connectivity index (χ1) is 7.55. The Kier molecular flexibility index (Phi) is 2.92. The van der Waals surface area contributed by atoms with Gasteiger partial charge in [-0.05, 0) is 17.7 Å². The predicted octanol–water partition coefficient (Wildman–Crippen LogP) is 2.95. The standard InChI is InChI=1S/C11H11BrF2O2/c1-15-9-4-2-8(3-5-9)10(7-16-10)11(13,14)6-12/h2-5H,6-7H2,1H3. The lowest BCUT2D eigenvalue weighted by Gasteiger charge is -2.22. The maximum Gasteiger partial charge on any atom is 0.292 e. The van der Waals surface area contributed by atoms with Crippen LogP contribution in [0, 0.1) is 0 Å². The molecule has 5 heteroatoms. The van der Waals surface area contributed by atoms with Crippen molar-refractivity contribution in [1.29, 1.82) is 0 Å². The summed E-state index contributed by atoms with van der Waals surface area (Å²) in [5, 5.41) is -0.411. The van der Waals surface area contributed by atoms with Crippen molar-refractivity contribution in [3.8, 4) is 5.75 Å². The Morgan fingerprint density at radius 1 is 1.44 bits per heavy atom. The smallest absolute Gasteiger partial charge is 0.292 e. The quantitative estimate of drug-likeness (QED) is 0.629. The van der Waals surface area contributed by atoms with Crippen LogP contribution in [0.25, 0.3) is 0 Å². The molecule has 0 spiro atoms. The highest BCUT2D eigenvalue weighted by Crippen LogP contribution is 2.51. The number of rotatable bonds is 4. The van der Waals surface area contributed by atoms with Crippen molar-refractivity contribution in [2.45, 2.75) is 11.5 Å². The van der Waals surface area contributed by atoms with Crippen LogP contribution in [0.5, 0.6) is 5.75 Å². The summed E-state index contributed by atoms with van der Waals surface area (Å²) in [4.78, 5) is 0. The van der Waals surface area contributed by atoms with Crippen LogP contribution in [0.1, 0.15) is 5.56 Å². The average molecular weight is 293 g/mol. The first-order valence-electron chi connectivity index (χ1n) is 4.78. The Bertz CT molecular complexity index is 374. The summed E-state index contributed by atoms with van der Waals surface area (Å²) in [6.45, 7) is 0.0535. The summed E-state index contributed by atoms with van der Waals surface area (Å²) >= 11 is 2.82. The number of halogens is 3. The first kappa shape index (κ1) is 11.8. The van der Waals surface area contributed by atoms with Gasteiger partial charge in [0, 0.05) is 0 Å². The average Bonchev–Trinajstić information content (AvgIpc) is 3.11. The van der Waals surface area contributed by atoms with Gasteiger partial charge in [-0.2, -0.15) is 0 Å². The molecule has 0 aromatic heterocycles. The summed E-state index contributed by atoms with van der Waals surface area (Å²) < 4.78 is 37.3. The molecular weight excluding hydrogens is 282 g/mol. The highest BCUT2D eigenvalue weighted by Gasteiger charge is 2.64. The molecule has 16 heavy (non-hydrogen) atoms. The molecule has 1 aliphatic heterocycles. The maximum atomic E-state index is 13.7. The second-order valence-corrected chi connectivity index (χ2v) is 4.24. The summed E-state index contributed by atoms with van der Waals surface area (Å²) in [6.07, 6.45) is 0. The molecule has 0 saturated carbocycles. The molecule has 1 aromatic rings. The fraction of sp³-hybridized carbons (Fsp3) is 0.455. The highest BCUT2D eigenvalue weighted by atomic mass is 79.9. The van der Waals surface area contributed by atoms with Gasteiger partial charge in [-0.25, -0.2) is 8.78 Å². The molecule has 1 aromatic carbocycles. The van der Waals surface area contributed by atoms with E-state index in [-0.39, 0.29) is 6.61 Å². The van der Waals surface area contributed by atoms with E-state index in [9.17, 15) is 8.78 Å². The van der Waals surface area contributed by atoms with Crippen molar-refractivity contribution < 1.29 is 18.3 Å². The normalized spacial score (nSPS) is 24.2. The van der Waals surface area contributed by atoms with Crippen LogP contribution in [0.4, 0.5) is 8.78 Å². The molecule has 0 radical (unpaired) electrons. The summed E-state index contributed by atoms with van der Waals surface area (Å²) in [7, 11) is 1.53. The molecule has 0 N–H and O–H groups in total. The van der Waals surface area contributed by atoms with Crippen molar-refractivity contribution in [2.75, 3.05) is 19.0 Å². The molecule has 0 amide bonds. The minimum atomic E-state index is -2.90. The van der Waals surface area contributed by atoms with Crippen LogP contribution in [0.2, 0.25) is 0 Å². The van der Waals surface area contributed by atoms with Gasteiger partial charge in [-0.15, -0.1) is 0 Å². The SMILES string of the molecule is COc1ccc(C2(C(F)(F)CBr)CO2)cc1. The molecule has 1 unspecified atom stereocenters. The second-order valence-electron chi connectivity index (χ2n) is 3.68. The summed E-state index contributed by atoms with van der Waals surface area (Å²) in [5.74, 6) is -2.26. The number of methoxy groups -OCH3 is 1. The summed E-state index contributed by atoms with van der Waals surface area (Å²) in [5.41, 5.74) is -0.972. The van der Waals surface area contributed by atoms with Gasteiger partial charge < -0.3 is 9.47 Å². The van der Waals surface area contributed by atoms with Crippen LogP contribution < -0.4 is 4.74 Å². The molecule has 1 fully saturated rings. The van der Waals surface area contributed by atoms with E-state index < -0.39 is 16.9 Å². The molecule has 88 valence electrons. The fourth-order valence-corrected chi connectivity index (χ4v) is 2.08. The molecule has 2 nitrogen and oxygen atoms in total. The molecule has 0 aliphatic carbocycles. The third-order valence-corrected chi connectivity index (χ3v) is 3.45. The third kappa shape index (κ3) is 1.72. The molecule has 1 saturated heterocycles. The van der Waals surface area contributed by atoms with E-state index in [1.54, 1.807) is 24.3 Å². The Balaban J connectivity index is 2.30. The number of ether oxygens (including phenoxy) is 2. The fourth-order valence-electron chi connectivity index (χ4n) is 1.63. The van der Waals surface area contributed by atoms with E-state index >= 15 is 0 Å². The molecule has 2 rings (SSSR count). The number of hydrogen-bond donors (Lipinski definition) is 0. The topological polar surface area (TPSA) is 21.8 Å². The van der Waals surface area contributed by atoms with Crippen molar-refractivity contribution in [2.24, 2.45) is 0 Å². The lowest BCUT2D eigenvalue weighted by atomic mass is 9.94. The monoisotopic (exact) mass is 292 g/mol. The number of epoxide rings is 1. The molecule has 1 heterocycles. The van der Waals surface area contributed by atoms with Gasteiger partial charge in [0.05, 0.1) is 19.0 Å². The van der Waals surface area contributed by atoms with Crippen LogP contribution in [0.3, 0.4) is 0 Å². The highest BCUT2D eigenvalue weighted by molar-refractivity contribution is 9.09. The van der Waals surface area contributed by atoms with Crippen molar-refractivity contribution in [3.05, 3.63) is 29.8 Å². The van der Waals surface area contributed by atoms with E-state index in [1.807, 2.05) is 0 Å². The van der Waals surface area contributed by atoms with Gasteiger partial charge in [0.15, 0.2) is 5.60 Å². The molecule has 0 bridgehead atoms. The van der Waals surface area contributed by atoms with E-state index in [0.29, 0.717) is 11.3 Å². The first-order valence-corrected chi connectivity index (χ1v) is 5.90. The number of benzene rings is 1. The number of hydrogen-bond acceptors (Lipinski definition) is 2. The van der Waals surface area contributed by atoms with Crippen molar-refractivity contribution in [1.82, 2.24) is 0 Å². The molecule has 1 atom stereocenters.